The zero-order valence-electron chi connectivity index (χ0n) is 25.8. The lowest BCUT2D eigenvalue weighted by molar-refractivity contribution is -0.142. The topological polar surface area (TPSA) is 66.0 Å². The number of rotatable bonds is 9. The molecule has 42 heavy (non-hydrogen) atoms. The molecule has 2 aliphatic carbocycles. The average molecular weight is 570 g/mol. The molecule has 222 valence electrons. The van der Waals surface area contributed by atoms with E-state index in [-0.39, 0.29) is 23.4 Å². The van der Waals surface area contributed by atoms with E-state index in [1.807, 2.05) is 13.8 Å². The van der Waals surface area contributed by atoms with Gasteiger partial charge in [0.25, 0.3) is 0 Å². The van der Waals surface area contributed by atoms with E-state index in [1.165, 1.54) is 64.5 Å². The Bertz CT molecular complexity index is 1480. The van der Waals surface area contributed by atoms with E-state index in [0.29, 0.717) is 19.6 Å². The van der Waals surface area contributed by atoms with Crippen LogP contribution in [-0.2, 0) is 32.0 Å². The number of hydrogen-bond donors (Lipinski definition) is 1. The van der Waals surface area contributed by atoms with Crippen molar-refractivity contribution in [2.24, 2.45) is 5.41 Å². The number of hydrogen-bond acceptors (Lipinski definition) is 6. The van der Waals surface area contributed by atoms with E-state index in [9.17, 15) is 4.79 Å². The highest BCUT2D eigenvalue weighted by Gasteiger charge is 2.54. The van der Waals surface area contributed by atoms with Crippen LogP contribution in [0.4, 0.5) is 5.69 Å². The van der Waals surface area contributed by atoms with E-state index < -0.39 is 5.79 Å². The Morgan fingerprint density at radius 3 is 2.48 bits per heavy atom. The molecule has 0 bridgehead atoms. The second-order valence-corrected chi connectivity index (χ2v) is 12.9. The molecule has 1 N–H and O–H groups in total. The van der Waals surface area contributed by atoms with Gasteiger partial charge >= 0.3 is 5.97 Å². The van der Waals surface area contributed by atoms with Crippen LogP contribution in [0.25, 0.3) is 11.1 Å². The minimum absolute atomic E-state index is 0.0616. The molecule has 6 heteroatoms. The van der Waals surface area contributed by atoms with Gasteiger partial charge in [-0.25, -0.2) is 0 Å². The third-order valence-corrected chi connectivity index (χ3v) is 9.50. The molecule has 3 aliphatic rings. The van der Waals surface area contributed by atoms with Crippen LogP contribution in [0.2, 0.25) is 0 Å². The van der Waals surface area contributed by atoms with Crippen LogP contribution < -0.4 is 10.1 Å². The largest absolute Gasteiger partial charge is 0.491 e. The summed E-state index contributed by atoms with van der Waals surface area (Å²) in [6.45, 7) is 12.1. The molecule has 1 heterocycles. The Kier molecular flexibility index (Phi) is 7.57. The number of benzene rings is 3. The number of esters is 1. The predicted octanol–water partition coefficient (Wildman–Crippen LogP) is 7.40. The van der Waals surface area contributed by atoms with Crippen molar-refractivity contribution in [3.63, 3.8) is 0 Å². The first-order valence-electron chi connectivity index (χ1n) is 15.2. The van der Waals surface area contributed by atoms with Gasteiger partial charge in [-0.3, -0.25) is 4.79 Å². The van der Waals surface area contributed by atoms with Crippen molar-refractivity contribution in [2.75, 3.05) is 25.6 Å². The number of fused-ring (bicyclic) bond motifs is 1. The first kappa shape index (κ1) is 28.8. The number of anilines is 1. The zero-order chi connectivity index (χ0) is 29.6. The maximum absolute atomic E-state index is 12.1. The SMILES string of the molecule is COC(=O)CC1c2ccc(NCc3cccc(-c4c(C)cc(OC[C@@H]5COC(C)(C)O5)cc4C)c3C)cc2CC12CC2. The molecule has 2 fully saturated rings. The van der Waals surface area contributed by atoms with Crippen LogP contribution in [0, 0.1) is 26.2 Å². The van der Waals surface area contributed by atoms with Crippen molar-refractivity contribution < 1.29 is 23.7 Å². The molecule has 6 nitrogen and oxygen atoms in total. The summed E-state index contributed by atoms with van der Waals surface area (Å²) >= 11 is 0. The summed E-state index contributed by atoms with van der Waals surface area (Å²) in [6.07, 6.45) is 3.88. The number of aryl methyl sites for hydroxylation is 2. The van der Waals surface area contributed by atoms with Gasteiger partial charge in [0, 0.05) is 18.2 Å². The van der Waals surface area contributed by atoms with Gasteiger partial charge in [-0.05, 0) is 128 Å². The van der Waals surface area contributed by atoms with Crippen LogP contribution in [0.3, 0.4) is 0 Å². The molecule has 1 saturated heterocycles. The predicted molar refractivity (Wildman–Crippen MR) is 165 cm³/mol. The smallest absolute Gasteiger partial charge is 0.306 e. The van der Waals surface area contributed by atoms with Crippen molar-refractivity contribution >= 4 is 11.7 Å². The molecule has 1 saturated carbocycles. The Balaban J connectivity index is 1.15. The highest BCUT2D eigenvalue weighted by atomic mass is 16.7. The van der Waals surface area contributed by atoms with Crippen molar-refractivity contribution in [1.82, 2.24) is 0 Å². The minimum Gasteiger partial charge on any atom is -0.491 e. The summed E-state index contributed by atoms with van der Waals surface area (Å²) in [5, 5.41) is 3.68. The Hall–Kier alpha value is -3.35. The molecule has 3 aromatic rings. The summed E-state index contributed by atoms with van der Waals surface area (Å²) in [5.41, 5.74) is 11.5. The Labute approximate surface area is 249 Å². The van der Waals surface area contributed by atoms with Crippen molar-refractivity contribution in [3.8, 4) is 16.9 Å². The van der Waals surface area contributed by atoms with Gasteiger partial charge < -0.3 is 24.3 Å². The number of ether oxygens (including phenoxy) is 4. The summed E-state index contributed by atoms with van der Waals surface area (Å²) < 4.78 is 22.7. The van der Waals surface area contributed by atoms with Gasteiger partial charge in [0.15, 0.2) is 5.79 Å². The molecule has 1 aliphatic heterocycles. The summed E-state index contributed by atoms with van der Waals surface area (Å²) in [6, 6.07) is 17.5. The van der Waals surface area contributed by atoms with Crippen molar-refractivity contribution in [3.05, 3.63) is 81.9 Å². The second-order valence-electron chi connectivity index (χ2n) is 12.9. The first-order chi connectivity index (χ1) is 20.1. The normalized spacial score (nSPS) is 21.3. The average Bonchev–Trinajstić information content (AvgIpc) is 3.55. The Morgan fingerprint density at radius 1 is 1.05 bits per heavy atom. The lowest BCUT2D eigenvalue weighted by Crippen LogP contribution is -2.25. The maximum Gasteiger partial charge on any atom is 0.306 e. The molecule has 1 unspecified atom stereocenters. The molecule has 0 aromatic heterocycles. The highest BCUT2D eigenvalue weighted by molar-refractivity contribution is 5.76. The fourth-order valence-electron chi connectivity index (χ4n) is 7.11. The standard InChI is InChI=1S/C36H43NO5/c1-22-14-28(40-20-29-21-41-35(4,5)42-29)15-23(2)34(22)30-9-7-8-25(24(30)3)19-37-27-10-11-31-26(16-27)18-36(12-13-36)32(31)17-33(38)39-6/h7-11,14-16,29,32,37H,12-13,17-21H2,1-6H3/t29-,32?/m1/s1. The quantitative estimate of drug-likeness (QED) is 0.271. The summed E-state index contributed by atoms with van der Waals surface area (Å²) in [7, 11) is 1.48. The zero-order valence-corrected chi connectivity index (χ0v) is 25.8. The van der Waals surface area contributed by atoms with E-state index in [1.54, 1.807) is 0 Å². The van der Waals surface area contributed by atoms with E-state index in [0.717, 1.165) is 24.4 Å². The molecule has 0 radical (unpaired) electrons. The Morgan fingerprint density at radius 2 is 1.81 bits per heavy atom. The monoisotopic (exact) mass is 569 g/mol. The molecule has 1 spiro atoms. The second kappa shape index (κ2) is 11.1. The van der Waals surface area contributed by atoms with Crippen molar-refractivity contribution in [1.29, 1.82) is 0 Å². The van der Waals surface area contributed by atoms with E-state index >= 15 is 0 Å². The summed E-state index contributed by atoms with van der Waals surface area (Å²) in [4.78, 5) is 12.1. The molecule has 2 atom stereocenters. The number of methoxy groups -OCH3 is 1. The van der Waals surface area contributed by atoms with E-state index in [2.05, 4.69) is 74.6 Å². The van der Waals surface area contributed by atoms with Crippen LogP contribution in [0.1, 0.15) is 72.4 Å². The van der Waals surface area contributed by atoms with Crippen LogP contribution in [-0.4, -0.2) is 38.2 Å². The highest BCUT2D eigenvalue weighted by Crippen LogP contribution is 2.64. The maximum atomic E-state index is 12.1. The molecular weight excluding hydrogens is 526 g/mol. The van der Waals surface area contributed by atoms with Crippen LogP contribution >= 0.6 is 0 Å². The fourth-order valence-corrected chi connectivity index (χ4v) is 7.11. The van der Waals surface area contributed by atoms with Gasteiger partial charge in [-0.15, -0.1) is 0 Å². The molecule has 6 rings (SSSR count). The van der Waals surface area contributed by atoms with Gasteiger partial charge in [0.2, 0.25) is 0 Å². The molecule has 3 aromatic carbocycles. The van der Waals surface area contributed by atoms with E-state index in [4.69, 9.17) is 18.9 Å². The van der Waals surface area contributed by atoms with Gasteiger partial charge in [-0.2, -0.15) is 0 Å². The molecule has 0 amide bonds. The fraction of sp³-hybridized carbons (Fsp3) is 0.472. The number of carbonyl (C=O) groups excluding carboxylic acids is 1. The van der Waals surface area contributed by atoms with Gasteiger partial charge in [0.1, 0.15) is 18.5 Å². The van der Waals surface area contributed by atoms with Crippen LogP contribution in [0.5, 0.6) is 5.75 Å². The van der Waals surface area contributed by atoms with Crippen molar-refractivity contribution in [2.45, 2.75) is 84.7 Å². The third-order valence-electron chi connectivity index (χ3n) is 9.50. The number of carbonyl (C=O) groups is 1. The molecular formula is C36H43NO5. The minimum atomic E-state index is -0.546. The first-order valence-corrected chi connectivity index (χ1v) is 15.2. The van der Waals surface area contributed by atoms with Gasteiger partial charge in [0.05, 0.1) is 20.1 Å². The number of nitrogens with one attached hydrogen (secondary N) is 1. The lowest BCUT2D eigenvalue weighted by Gasteiger charge is -2.19. The van der Waals surface area contributed by atoms with Crippen LogP contribution in [0.15, 0.2) is 48.5 Å². The third kappa shape index (κ3) is 5.67. The lowest BCUT2D eigenvalue weighted by atomic mass is 9.87. The summed E-state index contributed by atoms with van der Waals surface area (Å²) in [5.74, 6) is 0.488. The van der Waals surface area contributed by atoms with Gasteiger partial charge in [-0.1, -0.05) is 24.3 Å².